The summed E-state index contributed by atoms with van der Waals surface area (Å²) in [6.07, 6.45) is 0. The number of H-pyrrole nitrogens is 1. The molecule has 1 aliphatic carbocycles. The van der Waals surface area contributed by atoms with E-state index in [1.165, 1.54) is 181 Å². The standard InChI is InChI=1S/C47H30N2.C28H18N2.C18H12BrN.CH4/c1-2-15-32(16-3-1)48-43-26-25-30-13-4-5-18-34(30)47(43)41-28-40-37-21-10-11-24-42(37)49(44(40)29-45(41)48)33-17-12-14-31(27-33)46-38-22-8-6-19-35(38)36-20-7-9-23-39(36)46;1-2-9-19(10-3-1)30-26-15-14-18-8-4-5-11-20(18)28(26)23-16-22-21-12-6-7-13-24(21)29-25(22)17-27(23)30;19-13-6-5-7-14(12-13)20-17-10-3-1-8-15(17)16-9-2-4-11-18(16)20;/h1-29,46H;1-17,29H;1-12H;1H4. The number of hydrogen-bond donors (Lipinski definition) is 1. The second-order valence-corrected chi connectivity index (χ2v) is 27.0. The van der Waals surface area contributed by atoms with E-state index >= 15 is 0 Å². The van der Waals surface area contributed by atoms with Crippen molar-refractivity contribution in [1.82, 2.24) is 23.3 Å². The Morgan fingerprint density at radius 1 is 0.240 bits per heavy atom. The van der Waals surface area contributed by atoms with Crippen molar-refractivity contribution in [3.8, 4) is 33.9 Å². The molecule has 0 atom stereocenters. The molecule has 472 valence electrons. The van der Waals surface area contributed by atoms with Crippen molar-refractivity contribution in [3.05, 3.63) is 373 Å². The van der Waals surface area contributed by atoms with E-state index in [2.05, 4.69) is 391 Å². The molecule has 0 fully saturated rings. The highest BCUT2D eigenvalue weighted by atomic mass is 79.9. The van der Waals surface area contributed by atoms with E-state index < -0.39 is 0 Å². The third-order valence-electron chi connectivity index (χ3n) is 20.7. The largest absolute Gasteiger partial charge is 0.354 e. The highest BCUT2D eigenvalue weighted by Crippen LogP contribution is 2.49. The van der Waals surface area contributed by atoms with Crippen LogP contribution in [0.2, 0.25) is 0 Å². The van der Waals surface area contributed by atoms with Crippen LogP contribution in [-0.2, 0) is 0 Å². The van der Waals surface area contributed by atoms with Gasteiger partial charge in [-0.2, -0.15) is 0 Å². The number of para-hydroxylation sites is 6. The van der Waals surface area contributed by atoms with Crippen LogP contribution in [0.5, 0.6) is 0 Å². The third kappa shape index (κ3) is 9.21. The van der Waals surface area contributed by atoms with Gasteiger partial charge in [0.2, 0.25) is 0 Å². The van der Waals surface area contributed by atoms with Crippen LogP contribution in [0.1, 0.15) is 30.0 Å². The first-order valence-corrected chi connectivity index (χ1v) is 34.7. The molecular weight excluding hydrogens is 1280 g/mol. The summed E-state index contributed by atoms with van der Waals surface area (Å²) in [6, 6.07) is 128. The summed E-state index contributed by atoms with van der Waals surface area (Å²) in [5.74, 6) is 0.195. The molecule has 5 nitrogen and oxygen atoms in total. The number of aromatic amines is 1. The number of aromatic nitrogens is 5. The maximum atomic E-state index is 3.62. The molecule has 0 unspecified atom stereocenters. The van der Waals surface area contributed by atoms with Crippen molar-refractivity contribution >= 4 is 147 Å². The molecule has 0 bridgehead atoms. The Kier molecular flexibility index (Phi) is 13.9. The second-order valence-electron chi connectivity index (χ2n) is 26.1. The lowest BCUT2D eigenvalue weighted by Crippen LogP contribution is -2.01. The van der Waals surface area contributed by atoms with Gasteiger partial charge in [-0.25, -0.2) is 0 Å². The average molecular weight is 1340 g/mol. The van der Waals surface area contributed by atoms with Crippen molar-refractivity contribution in [1.29, 1.82) is 0 Å². The maximum absolute atomic E-state index is 3.62. The summed E-state index contributed by atoms with van der Waals surface area (Å²) in [5, 5.41) is 18.0. The van der Waals surface area contributed by atoms with Gasteiger partial charge in [0.25, 0.3) is 0 Å². The minimum absolute atomic E-state index is 0. The van der Waals surface area contributed by atoms with E-state index in [9.17, 15) is 0 Å². The van der Waals surface area contributed by atoms with Crippen LogP contribution in [0.3, 0.4) is 0 Å². The van der Waals surface area contributed by atoms with Crippen molar-refractivity contribution in [2.24, 2.45) is 0 Å². The number of nitrogens with one attached hydrogen (secondary N) is 1. The lowest BCUT2D eigenvalue weighted by atomic mass is 9.89. The quantitative estimate of drug-likeness (QED) is 0.178. The van der Waals surface area contributed by atoms with E-state index in [0.717, 1.165) is 4.47 Å². The highest BCUT2D eigenvalue weighted by Gasteiger charge is 2.30. The molecule has 5 aromatic heterocycles. The first kappa shape index (κ1) is 58.8. The van der Waals surface area contributed by atoms with Crippen molar-refractivity contribution in [2.75, 3.05) is 0 Å². The Morgan fingerprint density at radius 2 is 0.650 bits per heavy atom. The molecule has 0 spiro atoms. The lowest BCUT2D eigenvalue weighted by Gasteiger charge is -2.17. The molecule has 22 rings (SSSR count). The Bertz CT molecular complexity index is 6720. The number of rotatable bonds is 5. The molecule has 21 aromatic rings. The summed E-state index contributed by atoms with van der Waals surface area (Å²) in [7, 11) is 0. The number of halogens is 1. The van der Waals surface area contributed by atoms with E-state index in [0.29, 0.717) is 0 Å². The van der Waals surface area contributed by atoms with Crippen LogP contribution in [0, 0.1) is 0 Å². The van der Waals surface area contributed by atoms with Gasteiger partial charge in [-0.1, -0.05) is 260 Å². The fraction of sp³-hybridized carbons (Fsp3) is 0.0213. The molecular formula is C94H64BrN5. The number of hydrogen-bond acceptors (Lipinski definition) is 0. The zero-order chi connectivity index (χ0) is 65.2. The third-order valence-corrected chi connectivity index (χ3v) is 21.2. The topological polar surface area (TPSA) is 35.5 Å². The summed E-state index contributed by atoms with van der Waals surface area (Å²) in [5.41, 5.74) is 23.6. The second kappa shape index (κ2) is 23.7. The van der Waals surface area contributed by atoms with Crippen LogP contribution in [-0.4, -0.2) is 23.3 Å². The zero-order valence-electron chi connectivity index (χ0n) is 53.7. The summed E-state index contributed by atoms with van der Waals surface area (Å²) in [6.45, 7) is 0. The zero-order valence-corrected chi connectivity index (χ0v) is 55.3. The molecule has 0 radical (unpaired) electrons. The molecule has 0 aliphatic heterocycles. The first-order valence-electron chi connectivity index (χ1n) is 34.0. The lowest BCUT2D eigenvalue weighted by molar-refractivity contribution is 1.01. The van der Waals surface area contributed by atoms with E-state index in [4.69, 9.17) is 0 Å². The predicted octanol–water partition coefficient (Wildman–Crippen LogP) is 25.9. The Balaban J connectivity index is 0.000000116. The van der Waals surface area contributed by atoms with Gasteiger partial charge in [0.15, 0.2) is 0 Å². The summed E-state index contributed by atoms with van der Waals surface area (Å²) >= 11 is 3.56. The molecule has 5 heterocycles. The normalized spacial score (nSPS) is 12.1. The molecule has 100 heavy (non-hydrogen) atoms. The van der Waals surface area contributed by atoms with Gasteiger partial charge in [0.1, 0.15) is 0 Å². The highest BCUT2D eigenvalue weighted by molar-refractivity contribution is 9.10. The molecule has 1 N–H and O–H groups in total. The van der Waals surface area contributed by atoms with Gasteiger partial charge < -0.3 is 23.3 Å². The molecule has 0 amide bonds. The molecule has 16 aromatic carbocycles. The summed E-state index contributed by atoms with van der Waals surface area (Å²) < 4.78 is 10.7. The predicted molar refractivity (Wildman–Crippen MR) is 428 cm³/mol. The van der Waals surface area contributed by atoms with Crippen molar-refractivity contribution in [2.45, 2.75) is 13.3 Å². The molecule has 0 saturated carbocycles. The van der Waals surface area contributed by atoms with Gasteiger partial charge in [0.05, 0.1) is 44.1 Å². The van der Waals surface area contributed by atoms with Gasteiger partial charge in [-0.15, -0.1) is 0 Å². The summed E-state index contributed by atoms with van der Waals surface area (Å²) in [4.78, 5) is 3.62. The monoisotopic (exact) mass is 1340 g/mol. The van der Waals surface area contributed by atoms with Crippen LogP contribution < -0.4 is 0 Å². The Labute approximate surface area is 586 Å². The molecule has 6 heteroatoms. The van der Waals surface area contributed by atoms with Gasteiger partial charge in [-0.05, 0) is 165 Å². The van der Waals surface area contributed by atoms with Crippen LogP contribution in [0.4, 0.5) is 0 Å². The van der Waals surface area contributed by atoms with Crippen LogP contribution in [0.25, 0.3) is 164 Å². The van der Waals surface area contributed by atoms with E-state index in [1.54, 1.807) is 0 Å². The SMILES string of the molecule is Brc1cccc(-n2c3ccccc3c3ccccc32)c1.C.c1ccc(-n2c3cc4[nH]c5ccccc5c4cc3c3c4ccccc4ccc32)cc1.c1ccc(-n2c3cc4c(cc3c3c5ccccc5ccc32)c2ccccc2n4-c2cccc(C3c4ccccc4-c4ccccc43)c2)cc1. The molecule has 1 aliphatic rings. The van der Waals surface area contributed by atoms with E-state index in [1.807, 2.05) is 0 Å². The first-order chi connectivity index (χ1) is 49.1. The van der Waals surface area contributed by atoms with Crippen molar-refractivity contribution < 1.29 is 0 Å². The fourth-order valence-electron chi connectivity index (χ4n) is 16.5. The smallest absolute Gasteiger partial charge is 0.0562 e. The minimum atomic E-state index is 0. The van der Waals surface area contributed by atoms with Gasteiger partial charge in [0, 0.05) is 98.0 Å². The fourth-order valence-corrected chi connectivity index (χ4v) is 16.9. The van der Waals surface area contributed by atoms with Crippen molar-refractivity contribution in [3.63, 3.8) is 0 Å². The van der Waals surface area contributed by atoms with Crippen LogP contribution >= 0.6 is 15.9 Å². The van der Waals surface area contributed by atoms with E-state index in [-0.39, 0.29) is 13.3 Å². The number of fused-ring (bicyclic) bond motifs is 22. The number of benzene rings is 16. The van der Waals surface area contributed by atoms with Gasteiger partial charge >= 0.3 is 0 Å². The number of nitrogens with zero attached hydrogens (tertiary/aromatic N) is 4. The molecule has 0 saturated heterocycles. The Hall–Kier alpha value is -12.5. The minimum Gasteiger partial charge on any atom is -0.354 e. The average Bonchev–Trinajstić information content (AvgIpc) is 1.55. The maximum Gasteiger partial charge on any atom is 0.0562 e. The van der Waals surface area contributed by atoms with Crippen LogP contribution in [0.15, 0.2) is 356 Å². The Morgan fingerprint density at radius 3 is 1.22 bits per heavy atom. The van der Waals surface area contributed by atoms with Gasteiger partial charge in [-0.3, -0.25) is 0 Å².